The highest BCUT2D eigenvalue weighted by Gasteiger charge is 2.46. The lowest BCUT2D eigenvalue weighted by molar-refractivity contribution is -0.147. The summed E-state index contributed by atoms with van der Waals surface area (Å²) >= 11 is 0. The third-order valence-electron chi connectivity index (χ3n) is 3.82. The lowest BCUT2D eigenvalue weighted by Gasteiger charge is -2.31. The highest BCUT2D eigenvalue weighted by molar-refractivity contribution is 6.00. The van der Waals surface area contributed by atoms with Crippen LogP contribution in [0.4, 0.5) is 0 Å². The highest BCUT2D eigenvalue weighted by atomic mass is 16.5. The average Bonchev–Trinajstić information content (AvgIpc) is 2.88. The van der Waals surface area contributed by atoms with Crippen LogP contribution in [0, 0.1) is 0 Å². The fourth-order valence-electron chi connectivity index (χ4n) is 2.57. The molecule has 1 fully saturated rings. The normalized spacial score (nSPS) is 21.1. The molecule has 0 saturated carbocycles. The number of carboxylic acids is 1. The molecule has 1 aromatic rings. The summed E-state index contributed by atoms with van der Waals surface area (Å²) < 4.78 is 5.48. The molecule has 5 nitrogen and oxygen atoms in total. The third kappa shape index (κ3) is 2.77. The Kier molecular flexibility index (Phi) is 4.31. The Labute approximate surface area is 123 Å². The second kappa shape index (κ2) is 5.99. The van der Waals surface area contributed by atoms with E-state index in [1.807, 2.05) is 0 Å². The van der Waals surface area contributed by atoms with Gasteiger partial charge in [-0.15, -0.1) is 0 Å². The lowest BCUT2D eigenvalue weighted by Crippen LogP contribution is -2.50. The van der Waals surface area contributed by atoms with Crippen molar-refractivity contribution in [1.29, 1.82) is 0 Å². The van der Waals surface area contributed by atoms with Gasteiger partial charge < -0.3 is 14.7 Å². The summed E-state index contributed by atoms with van der Waals surface area (Å²) in [6.07, 6.45) is 2.74. The molecule has 1 heterocycles. The van der Waals surface area contributed by atoms with Gasteiger partial charge in [-0.3, -0.25) is 4.79 Å². The van der Waals surface area contributed by atoms with E-state index in [9.17, 15) is 14.7 Å². The number of likely N-dealkylation sites (tertiary alicyclic amines) is 1. The van der Waals surface area contributed by atoms with E-state index in [0.717, 1.165) is 0 Å². The van der Waals surface area contributed by atoms with Crippen molar-refractivity contribution < 1.29 is 19.4 Å². The molecule has 0 radical (unpaired) electrons. The molecule has 1 aromatic carbocycles. The van der Waals surface area contributed by atoms with E-state index in [1.54, 1.807) is 37.3 Å². The molecule has 5 heteroatoms. The monoisotopic (exact) mass is 289 g/mol. The molecular formula is C16H19NO4. The number of ether oxygens (including phenoxy) is 1. The molecule has 0 bridgehead atoms. The molecule has 1 amide bonds. The third-order valence-corrected chi connectivity index (χ3v) is 3.82. The Morgan fingerprint density at radius 3 is 2.86 bits per heavy atom. The van der Waals surface area contributed by atoms with E-state index in [1.165, 1.54) is 4.90 Å². The van der Waals surface area contributed by atoms with Gasteiger partial charge in [-0.1, -0.05) is 24.8 Å². The van der Waals surface area contributed by atoms with Gasteiger partial charge in [0.1, 0.15) is 17.9 Å². The maximum Gasteiger partial charge on any atom is 0.329 e. The van der Waals surface area contributed by atoms with Crippen LogP contribution in [0.2, 0.25) is 0 Å². The first-order valence-electron chi connectivity index (χ1n) is 6.89. The van der Waals surface area contributed by atoms with E-state index in [2.05, 4.69) is 6.58 Å². The van der Waals surface area contributed by atoms with Crippen LogP contribution in [0.25, 0.3) is 0 Å². The van der Waals surface area contributed by atoms with Gasteiger partial charge >= 0.3 is 5.97 Å². The van der Waals surface area contributed by atoms with E-state index >= 15 is 0 Å². The van der Waals surface area contributed by atoms with Gasteiger partial charge in [0.15, 0.2) is 0 Å². The van der Waals surface area contributed by atoms with E-state index in [4.69, 9.17) is 4.74 Å². The molecule has 1 saturated heterocycles. The van der Waals surface area contributed by atoms with Crippen molar-refractivity contribution in [3.8, 4) is 5.75 Å². The maximum absolute atomic E-state index is 12.7. The number of benzene rings is 1. The zero-order valence-electron chi connectivity index (χ0n) is 12.0. The standard InChI is InChI=1S/C16H19NO4/c1-3-11-21-13-8-5-4-7-12(13)14(18)17-10-6-9-16(17,2)15(19)20/h3-5,7-8H,1,6,9-11H2,2H3,(H,19,20)/t16-/m0/s1. The van der Waals surface area contributed by atoms with E-state index in [0.29, 0.717) is 37.3 Å². The minimum atomic E-state index is -1.15. The van der Waals surface area contributed by atoms with Gasteiger partial charge in [0, 0.05) is 6.54 Å². The number of carbonyl (C=O) groups is 2. The fraction of sp³-hybridized carbons (Fsp3) is 0.375. The van der Waals surface area contributed by atoms with Gasteiger partial charge in [0.25, 0.3) is 5.91 Å². The van der Waals surface area contributed by atoms with E-state index in [-0.39, 0.29) is 5.91 Å². The Balaban J connectivity index is 2.32. The summed E-state index contributed by atoms with van der Waals surface area (Å²) in [6, 6.07) is 6.87. The summed E-state index contributed by atoms with van der Waals surface area (Å²) in [5, 5.41) is 9.41. The first-order valence-corrected chi connectivity index (χ1v) is 6.89. The number of rotatable bonds is 5. The van der Waals surface area contributed by atoms with Crippen molar-refractivity contribution in [2.24, 2.45) is 0 Å². The van der Waals surface area contributed by atoms with Crippen molar-refractivity contribution in [3.63, 3.8) is 0 Å². The van der Waals surface area contributed by atoms with Gasteiger partial charge in [0.05, 0.1) is 5.56 Å². The molecule has 21 heavy (non-hydrogen) atoms. The second-order valence-corrected chi connectivity index (χ2v) is 5.24. The summed E-state index contributed by atoms with van der Waals surface area (Å²) in [5.41, 5.74) is -0.767. The summed E-state index contributed by atoms with van der Waals surface area (Å²) in [4.78, 5) is 25.6. The Morgan fingerprint density at radius 1 is 1.48 bits per heavy atom. The number of para-hydroxylation sites is 1. The van der Waals surface area contributed by atoms with Gasteiger partial charge in [-0.05, 0) is 31.9 Å². The largest absolute Gasteiger partial charge is 0.489 e. The summed E-state index contributed by atoms with van der Waals surface area (Å²) in [6.45, 7) is 5.90. The first kappa shape index (κ1) is 15.1. The van der Waals surface area contributed by atoms with Gasteiger partial charge in [0.2, 0.25) is 0 Å². The van der Waals surface area contributed by atoms with Crippen molar-refractivity contribution in [1.82, 2.24) is 4.90 Å². The maximum atomic E-state index is 12.7. The first-order chi connectivity index (χ1) is 10.0. The highest BCUT2D eigenvalue weighted by Crippen LogP contribution is 2.32. The average molecular weight is 289 g/mol. The minimum Gasteiger partial charge on any atom is -0.489 e. The van der Waals surface area contributed by atoms with Crippen molar-refractivity contribution in [2.75, 3.05) is 13.2 Å². The molecule has 1 atom stereocenters. The van der Waals surface area contributed by atoms with Crippen LogP contribution in [0.15, 0.2) is 36.9 Å². The predicted molar refractivity (Wildman–Crippen MR) is 78.4 cm³/mol. The van der Waals surface area contributed by atoms with Crippen LogP contribution in [0.3, 0.4) is 0 Å². The number of carbonyl (C=O) groups excluding carboxylic acids is 1. The predicted octanol–water partition coefficient (Wildman–Crippen LogP) is 2.33. The summed E-state index contributed by atoms with van der Waals surface area (Å²) in [7, 11) is 0. The number of hydrogen-bond acceptors (Lipinski definition) is 3. The molecule has 0 aromatic heterocycles. The van der Waals surface area contributed by atoms with Crippen molar-refractivity contribution in [3.05, 3.63) is 42.5 Å². The van der Waals surface area contributed by atoms with Crippen LogP contribution < -0.4 is 4.74 Å². The van der Waals surface area contributed by atoms with Gasteiger partial charge in [-0.2, -0.15) is 0 Å². The zero-order valence-corrected chi connectivity index (χ0v) is 12.0. The molecule has 1 aliphatic heterocycles. The number of aliphatic carboxylic acids is 1. The molecular weight excluding hydrogens is 270 g/mol. The SMILES string of the molecule is C=CCOc1ccccc1C(=O)N1CCC[C@@]1(C)C(=O)O. The second-order valence-electron chi connectivity index (χ2n) is 5.24. The molecule has 112 valence electrons. The molecule has 0 unspecified atom stereocenters. The summed E-state index contributed by atoms with van der Waals surface area (Å²) in [5.74, 6) is -0.836. The fourth-order valence-corrected chi connectivity index (χ4v) is 2.57. The Bertz CT molecular complexity index is 569. The number of nitrogens with zero attached hydrogens (tertiary/aromatic N) is 1. The number of hydrogen-bond donors (Lipinski definition) is 1. The van der Waals surface area contributed by atoms with Gasteiger partial charge in [-0.25, -0.2) is 4.79 Å². The topological polar surface area (TPSA) is 66.8 Å². The van der Waals surface area contributed by atoms with E-state index < -0.39 is 11.5 Å². The van der Waals surface area contributed by atoms with Crippen LogP contribution in [0.5, 0.6) is 5.75 Å². The van der Waals surface area contributed by atoms with Crippen molar-refractivity contribution in [2.45, 2.75) is 25.3 Å². The quantitative estimate of drug-likeness (QED) is 0.845. The molecule has 0 spiro atoms. The molecule has 2 rings (SSSR count). The van der Waals surface area contributed by atoms with Crippen LogP contribution >= 0.6 is 0 Å². The van der Waals surface area contributed by atoms with Crippen LogP contribution in [-0.4, -0.2) is 40.6 Å². The molecule has 1 aliphatic rings. The Hall–Kier alpha value is -2.30. The van der Waals surface area contributed by atoms with Crippen LogP contribution in [-0.2, 0) is 4.79 Å². The lowest BCUT2D eigenvalue weighted by atomic mass is 9.98. The molecule has 1 N–H and O–H groups in total. The smallest absolute Gasteiger partial charge is 0.329 e. The number of carboxylic acid groups (broad SMARTS) is 1. The zero-order chi connectivity index (χ0) is 15.5. The minimum absolute atomic E-state index is 0.292. The van der Waals surface area contributed by atoms with Crippen LogP contribution in [0.1, 0.15) is 30.1 Å². The Morgan fingerprint density at radius 2 is 2.19 bits per heavy atom. The van der Waals surface area contributed by atoms with Crippen molar-refractivity contribution >= 4 is 11.9 Å². The number of amides is 1. The molecule has 0 aliphatic carbocycles.